The van der Waals surface area contributed by atoms with Crippen molar-refractivity contribution < 1.29 is 14.4 Å². The second kappa shape index (κ2) is 8.87. The van der Waals surface area contributed by atoms with Crippen molar-refractivity contribution in [3.8, 4) is 28.5 Å². The first-order valence-electron chi connectivity index (χ1n) is 10.3. The first kappa shape index (κ1) is 21.5. The molecule has 10 heteroatoms. The fraction of sp³-hybridized carbons (Fsp3) is 0.0833. The van der Waals surface area contributed by atoms with Crippen molar-refractivity contribution in [3.63, 3.8) is 0 Å². The van der Waals surface area contributed by atoms with Gasteiger partial charge in [0.2, 0.25) is 0 Å². The van der Waals surface area contributed by atoms with E-state index in [1.165, 1.54) is 18.2 Å². The van der Waals surface area contributed by atoms with E-state index in [2.05, 4.69) is 10.1 Å². The summed E-state index contributed by atoms with van der Waals surface area (Å²) in [7, 11) is 1.88. The van der Waals surface area contributed by atoms with E-state index in [-0.39, 0.29) is 18.0 Å². The van der Waals surface area contributed by atoms with Gasteiger partial charge >= 0.3 is 0 Å². The normalized spacial score (nSPS) is 11.0. The lowest BCUT2D eigenvalue weighted by Gasteiger charge is -2.14. The standard InChI is InChI=1S/C24H18ClN5O4/c1-28-13-19(26-15-28)17-9-22(20-11-24(25)27-29(20)12-17)34-21-8-7-18(30(31)32)10-23(21)33-14-16-5-3-2-4-6-16/h2-13,15H,14H2,1H3. The number of pyridine rings is 1. The van der Waals surface area contributed by atoms with E-state index in [1.807, 2.05) is 54.2 Å². The molecule has 5 aromatic rings. The molecule has 34 heavy (non-hydrogen) atoms. The summed E-state index contributed by atoms with van der Waals surface area (Å²) >= 11 is 6.16. The third-order valence-corrected chi connectivity index (χ3v) is 5.29. The highest BCUT2D eigenvalue weighted by atomic mass is 35.5. The van der Waals surface area contributed by atoms with Crippen molar-refractivity contribution >= 4 is 22.8 Å². The lowest BCUT2D eigenvalue weighted by atomic mass is 10.2. The number of nitrogens with zero attached hydrogens (tertiary/aromatic N) is 5. The summed E-state index contributed by atoms with van der Waals surface area (Å²) in [5.41, 5.74) is 2.93. The number of non-ortho nitro benzene ring substituents is 1. The molecule has 2 aromatic carbocycles. The van der Waals surface area contributed by atoms with Gasteiger partial charge in [0.1, 0.15) is 12.1 Å². The highest BCUT2D eigenvalue weighted by Gasteiger charge is 2.17. The van der Waals surface area contributed by atoms with Gasteiger partial charge in [0.15, 0.2) is 22.4 Å². The molecule has 9 nitrogen and oxygen atoms in total. The Balaban J connectivity index is 1.55. The summed E-state index contributed by atoms with van der Waals surface area (Å²) in [6.45, 7) is 0.222. The number of ether oxygens (including phenoxy) is 2. The zero-order valence-corrected chi connectivity index (χ0v) is 18.7. The molecule has 3 heterocycles. The molecule has 0 atom stereocenters. The zero-order valence-electron chi connectivity index (χ0n) is 18.0. The molecule has 0 amide bonds. The third kappa shape index (κ3) is 4.41. The molecule has 170 valence electrons. The van der Waals surface area contributed by atoms with E-state index in [0.717, 1.165) is 16.8 Å². The first-order valence-corrected chi connectivity index (χ1v) is 10.6. The Morgan fingerprint density at radius 3 is 2.59 bits per heavy atom. The predicted molar refractivity (Wildman–Crippen MR) is 126 cm³/mol. The van der Waals surface area contributed by atoms with Crippen LogP contribution in [0.3, 0.4) is 0 Å². The van der Waals surface area contributed by atoms with Crippen molar-refractivity contribution in [2.75, 3.05) is 0 Å². The van der Waals surface area contributed by atoms with Crippen molar-refractivity contribution in [1.29, 1.82) is 0 Å². The average Bonchev–Trinajstić information content (AvgIpc) is 3.43. The molecule has 0 N–H and O–H groups in total. The van der Waals surface area contributed by atoms with Gasteiger partial charge in [0, 0.05) is 37.1 Å². The molecular weight excluding hydrogens is 458 g/mol. The fourth-order valence-electron chi connectivity index (χ4n) is 3.48. The monoisotopic (exact) mass is 475 g/mol. The van der Waals surface area contributed by atoms with Gasteiger partial charge in [-0.3, -0.25) is 10.1 Å². The van der Waals surface area contributed by atoms with Crippen LogP contribution in [0.4, 0.5) is 5.69 Å². The highest BCUT2D eigenvalue weighted by molar-refractivity contribution is 6.29. The van der Waals surface area contributed by atoms with Crippen LogP contribution >= 0.6 is 11.6 Å². The Bertz CT molecular complexity index is 1500. The number of hydrogen-bond donors (Lipinski definition) is 0. The van der Waals surface area contributed by atoms with E-state index in [1.54, 1.807) is 23.1 Å². The lowest BCUT2D eigenvalue weighted by Crippen LogP contribution is -2.00. The SMILES string of the molecule is Cn1cnc(-c2cc(Oc3ccc([N+](=O)[O-])cc3OCc3ccccc3)c3cc(Cl)nn3c2)c1. The Labute approximate surface area is 198 Å². The molecule has 0 saturated carbocycles. The lowest BCUT2D eigenvalue weighted by molar-refractivity contribution is -0.385. The van der Waals surface area contributed by atoms with Crippen LogP contribution in [0.15, 0.2) is 79.4 Å². The van der Waals surface area contributed by atoms with Crippen molar-refractivity contribution in [3.05, 3.63) is 100 Å². The molecular formula is C24H18ClN5O4. The summed E-state index contributed by atoms with van der Waals surface area (Å²) in [5, 5.41) is 15.9. The van der Waals surface area contributed by atoms with E-state index >= 15 is 0 Å². The summed E-state index contributed by atoms with van der Waals surface area (Å²) in [6.07, 6.45) is 5.37. The molecule has 0 aliphatic carbocycles. The Morgan fingerprint density at radius 2 is 1.85 bits per heavy atom. The highest BCUT2D eigenvalue weighted by Crippen LogP contribution is 2.38. The quantitative estimate of drug-likeness (QED) is 0.222. The predicted octanol–water partition coefficient (Wildman–Crippen LogP) is 5.67. The number of aryl methyl sites for hydroxylation is 1. The van der Waals surface area contributed by atoms with Crippen molar-refractivity contribution in [2.45, 2.75) is 6.61 Å². The summed E-state index contributed by atoms with van der Waals surface area (Å²) in [4.78, 5) is 15.3. The van der Waals surface area contributed by atoms with Crippen LogP contribution in [0.2, 0.25) is 5.15 Å². The zero-order chi connectivity index (χ0) is 23.7. The molecule has 5 rings (SSSR count). The maximum Gasteiger partial charge on any atom is 0.273 e. The van der Waals surface area contributed by atoms with Crippen LogP contribution in [-0.4, -0.2) is 24.1 Å². The van der Waals surface area contributed by atoms with Crippen molar-refractivity contribution in [1.82, 2.24) is 19.2 Å². The molecule has 0 fully saturated rings. The second-order valence-electron chi connectivity index (χ2n) is 7.58. The van der Waals surface area contributed by atoms with E-state index < -0.39 is 4.92 Å². The second-order valence-corrected chi connectivity index (χ2v) is 7.97. The van der Waals surface area contributed by atoms with Gasteiger partial charge in [-0.15, -0.1) is 0 Å². The van der Waals surface area contributed by atoms with E-state index in [9.17, 15) is 10.1 Å². The van der Waals surface area contributed by atoms with Crippen molar-refractivity contribution in [2.24, 2.45) is 7.05 Å². The fourth-order valence-corrected chi connectivity index (χ4v) is 3.66. The number of nitro groups is 1. The average molecular weight is 476 g/mol. The molecule has 0 unspecified atom stereocenters. The number of aromatic nitrogens is 4. The van der Waals surface area contributed by atoms with Gasteiger partial charge in [-0.2, -0.15) is 5.10 Å². The van der Waals surface area contributed by atoms with Crippen LogP contribution < -0.4 is 9.47 Å². The molecule has 0 aliphatic heterocycles. The topological polar surface area (TPSA) is 96.7 Å². The van der Waals surface area contributed by atoms with Gasteiger partial charge in [-0.25, -0.2) is 9.50 Å². The van der Waals surface area contributed by atoms with Gasteiger partial charge in [0.05, 0.1) is 23.0 Å². The smallest absolute Gasteiger partial charge is 0.273 e. The molecule has 0 radical (unpaired) electrons. The number of benzene rings is 2. The molecule has 3 aromatic heterocycles. The maximum atomic E-state index is 11.4. The van der Waals surface area contributed by atoms with Gasteiger partial charge in [-0.1, -0.05) is 41.9 Å². The van der Waals surface area contributed by atoms with Gasteiger partial charge in [-0.05, 0) is 17.7 Å². The number of hydrogen-bond acceptors (Lipinski definition) is 6. The Kier molecular flexibility index (Phi) is 5.60. The molecule has 0 bridgehead atoms. The summed E-state index contributed by atoms with van der Waals surface area (Å²) < 4.78 is 15.6. The van der Waals surface area contributed by atoms with E-state index in [0.29, 0.717) is 22.2 Å². The van der Waals surface area contributed by atoms with Crippen LogP contribution in [0.5, 0.6) is 17.2 Å². The van der Waals surface area contributed by atoms with Crippen LogP contribution in [0.25, 0.3) is 16.8 Å². The van der Waals surface area contributed by atoms with Crippen LogP contribution in [0, 0.1) is 10.1 Å². The number of nitro benzene ring substituents is 1. The number of rotatable bonds is 7. The minimum absolute atomic E-state index is 0.102. The van der Waals surface area contributed by atoms with E-state index in [4.69, 9.17) is 21.1 Å². The van der Waals surface area contributed by atoms with Gasteiger partial charge in [0.25, 0.3) is 5.69 Å². The molecule has 0 aliphatic rings. The maximum absolute atomic E-state index is 11.4. The Morgan fingerprint density at radius 1 is 1.03 bits per heavy atom. The molecule has 0 spiro atoms. The number of imidazole rings is 1. The molecule has 0 saturated heterocycles. The summed E-state index contributed by atoms with van der Waals surface area (Å²) in [6, 6.07) is 17.2. The van der Waals surface area contributed by atoms with Crippen LogP contribution in [0.1, 0.15) is 5.56 Å². The number of halogens is 1. The third-order valence-electron chi connectivity index (χ3n) is 5.10. The van der Waals surface area contributed by atoms with Gasteiger partial charge < -0.3 is 14.0 Å². The minimum Gasteiger partial charge on any atom is -0.485 e. The largest absolute Gasteiger partial charge is 0.485 e. The van der Waals surface area contributed by atoms with Crippen LogP contribution in [-0.2, 0) is 13.7 Å². The minimum atomic E-state index is -0.476. The summed E-state index contributed by atoms with van der Waals surface area (Å²) in [5.74, 6) is 1.00. The first-order chi connectivity index (χ1) is 16.5. The Hall–Kier alpha value is -4.37. The number of fused-ring (bicyclic) bond motifs is 1.